The van der Waals surface area contributed by atoms with Gasteiger partial charge in [-0.05, 0) is 68.7 Å². The van der Waals surface area contributed by atoms with Crippen LogP contribution in [-0.2, 0) is 22.5 Å². The molecule has 230 valence electrons. The van der Waals surface area contributed by atoms with Crippen molar-refractivity contribution < 1.29 is 14.3 Å². The van der Waals surface area contributed by atoms with Gasteiger partial charge in [0.25, 0.3) is 0 Å². The van der Waals surface area contributed by atoms with E-state index in [4.69, 9.17) is 4.74 Å². The van der Waals surface area contributed by atoms with E-state index in [1.807, 2.05) is 12.1 Å². The Kier molecular flexibility index (Phi) is 9.73. The zero-order chi connectivity index (χ0) is 30.5. The van der Waals surface area contributed by atoms with Gasteiger partial charge in [0.15, 0.2) is 0 Å². The average molecular weight is 586 g/mol. The van der Waals surface area contributed by atoms with Crippen LogP contribution in [0, 0.1) is 11.3 Å². The molecule has 2 aromatic rings. The van der Waals surface area contributed by atoms with Crippen molar-refractivity contribution in [3.63, 3.8) is 0 Å². The first-order chi connectivity index (χ1) is 20.6. The molecule has 3 fully saturated rings. The van der Waals surface area contributed by atoms with E-state index in [0.29, 0.717) is 19.3 Å². The maximum atomic E-state index is 13.5. The molecule has 3 aliphatic rings. The molecule has 5 rings (SSSR count). The molecule has 2 amide bonds. The Labute approximate surface area is 256 Å². The highest BCUT2D eigenvalue weighted by molar-refractivity contribution is 5.90. The molecule has 1 heterocycles. The van der Waals surface area contributed by atoms with E-state index in [9.17, 15) is 14.9 Å². The first-order valence-electron chi connectivity index (χ1n) is 16.0. The first kappa shape index (κ1) is 31.0. The second kappa shape index (κ2) is 13.5. The highest BCUT2D eigenvalue weighted by atomic mass is 16.6. The summed E-state index contributed by atoms with van der Waals surface area (Å²) in [6, 6.07) is 19.4. The number of nitriles is 1. The van der Waals surface area contributed by atoms with Crippen LogP contribution in [-0.4, -0.2) is 71.2 Å². The molecule has 1 saturated heterocycles. The number of carbonyl (C=O) groups excluding carboxylic acids is 2. The van der Waals surface area contributed by atoms with Crippen molar-refractivity contribution in [1.82, 2.24) is 20.4 Å². The Morgan fingerprint density at radius 3 is 2.05 bits per heavy atom. The van der Waals surface area contributed by atoms with Crippen molar-refractivity contribution in [1.29, 1.82) is 5.26 Å². The second-order valence-corrected chi connectivity index (χ2v) is 13.6. The number of rotatable bonds is 9. The van der Waals surface area contributed by atoms with Crippen LogP contribution >= 0.6 is 0 Å². The molecule has 0 aromatic heterocycles. The highest BCUT2D eigenvalue weighted by Crippen LogP contribution is 2.30. The van der Waals surface area contributed by atoms with Gasteiger partial charge in [0, 0.05) is 45.2 Å². The van der Waals surface area contributed by atoms with E-state index in [1.165, 1.54) is 31.5 Å². The lowest BCUT2D eigenvalue weighted by molar-refractivity contribution is -0.129. The van der Waals surface area contributed by atoms with E-state index in [1.54, 1.807) is 20.8 Å². The van der Waals surface area contributed by atoms with Crippen molar-refractivity contribution in [2.75, 3.05) is 26.2 Å². The van der Waals surface area contributed by atoms with Crippen molar-refractivity contribution in [2.24, 2.45) is 0 Å². The Balaban J connectivity index is 1.15. The molecule has 1 aliphatic heterocycles. The molecule has 0 radical (unpaired) electrons. The summed E-state index contributed by atoms with van der Waals surface area (Å²) in [5.74, 6) is -0.314. The zero-order valence-electron chi connectivity index (χ0n) is 26.0. The fourth-order valence-electron chi connectivity index (χ4n) is 6.34. The summed E-state index contributed by atoms with van der Waals surface area (Å²) in [6.07, 6.45) is 6.29. The normalized spacial score (nSPS) is 20.0. The Hall–Kier alpha value is -3.41. The minimum atomic E-state index is -1.06. The van der Waals surface area contributed by atoms with Crippen molar-refractivity contribution in [2.45, 2.75) is 102 Å². The van der Waals surface area contributed by atoms with Gasteiger partial charge in [-0.25, -0.2) is 4.79 Å². The van der Waals surface area contributed by atoms with Crippen LogP contribution < -0.4 is 10.6 Å². The third-order valence-electron chi connectivity index (χ3n) is 8.90. The van der Waals surface area contributed by atoms with Crippen molar-refractivity contribution in [3.8, 4) is 17.2 Å². The third-order valence-corrected chi connectivity index (χ3v) is 8.90. The number of alkyl carbamates (subject to hydrolysis) is 1. The standard InChI is InChI=1S/C35H47N5O3/c1-34(2,3)43-33(42)38-35(17-5-4-6-18-35)32(41)37-30(24-36)23-26-7-11-28(12-8-26)29-13-9-27(10-14-29)25-39-19-21-40(22-20-39)31-15-16-31/h7-14,30-31H,4-6,15-23,25H2,1-3H3,(H,37,41)(H,38,42)/t30-/m0/s1. The lowest BCUT2D eigenvalue weighted by Gasteiger charge is -2.37. The number of nitrogens with one attached hydrogen (secondary N) is 2. The lowest BCUT2D eigenvalue weighted by Crippen LogP contribution is -2.61. The van der Waals surface area contributed by atoms with Gasteiger partial charge >= 0.3 is 6.09 Å². The molecule has 8 heteroatoms. The number of amides is 2. The highest BCUT2D eigenvalue weighted by Gasteiger charge is 2.42. The van der Waals surface area contributed by atoms with Crippen LogP contribution in [0.4, 0.5) is 4.79 Å². The minimum Gasteiger partial charge on any atom is -0.444 e. The summed E-state index contributed by atoms with van der Waals surface area (Å²) in [5, 5.41) is 15.7. The van der Waals surface area contributed by atoms with Gasteiger partial charge in [0.2, 0.25) is 5.91 Å². The summed E-state index contributed by atoms with van der Waals surface area (Å²) in [4.78, 5) is 31.3. The van der Waals surface area contributed by atoms with E-state index in [-0.39, 0.29) is 5.91 Å². The fraction of sp³-hybridized carbons (Fsp3) is 0.571. The Bertz CT molecular complexity index is 1280. The molecule has 2 N–H and O–H groups in total. The van der Waals surface area contributed by atoms with Crippen LogP contribution in [0.2, 0.25) is 0 Å². The van der Waals surface area contributed by atoms with E-state index >= 15 is 0 Å². The molecular formula is C35H47N5O3. The first-order valence-corrected chi connectivity index (χ1v) is 16.0. The predicted molar refractivity (Wildman–Crippen MR) is 168 cm³/mol. The van der Waals surface area contributed by atoms with Gasteiger partial charge in [-0.1, -0.05) is 67.8 Å². The van der Waals surface area contributed by atoms with Crippen LogP contribution in [0.5, 0.6) is 0 Å². The Morgan fingerprint density at radius 1 is 0.930 bits per heavy atom. The van der Waals surface area contributed by atoms with E-state index in [0.717, 1.165) is 61.6 Å². The number of ether oxygens (including phenoxy) is 1. The number of hydrogen-bond acceptors (Lipinski definition) is 6. The summed E-state index contributed by atoms with van der Waals surface area (Å²) in [7, 11) is 0. The molecule has 0 bridgehead atoms. The zero-order valence-corrected chi connectivity index (χ0v) is 26.0. The monoisotopic (exact) mass is 585 g/mol. The molecule has 0 unspecified atom stereocenters. The Morgan fingerprint density at radius 2 is 1.51 bits per heavy atom. The molecule has 1 atom stereocenters. The number of piperazine rings is 1. The van der Waals surface area contributed by atoms with Gasteiger partial charge in [0.05, 0.1) is 6.07 Å². The summed E-state index contributed by atoms with van der Waals surface area (Å²) in [5.41, 5.74) is 2.86. The summed E-state index contributed by atoms with van der Waals surface area (Å²) in [6.45, 7) is 11.0. The molecule has 8 nitrogen and oxygen atoms in total. The molecule has 2 aromatic carbocycles. The van der Waals surface area contributed by atoms with E-state index < -0.39 is 23.3 Å². The molecule has 43 heavy (non-hydrogen) atoms. The molecule has 2 saturated carbocycles. The minimum absolute atomic E-state index is 0.314. The van der Waals surface area contributed by atoms with Crippen LogP contribution in [0.15, 0.2) is 48.5 Å². The SMILES string of the molecule is CC(C)(C)OC(=O)NC1(C(=O)N[C@H](C#N)Cc2ccc(-c3ccc(CN4CCN(C5CC5)CC4)cc3)cc2)CCCCC1. The maximum absolute atomic E-state index is 13.5. The summed E-state index contributed by atoms with van der Waals surface area (Å²) >= 11 is 0. The van der Waals surface area contributed by atoms with Crippen molar-refractivity contribution in [3.05, 3.63) is 59.7 Å². The average Bonchev–Trinajstić information content (AvgIpc) is 3.83. The van der Waals surface area contributed by atoms with Gasteiger partial charge < -0.3 is 15.4 Å². The largest absolute Gasteiger partial charge is 0.444 e. The predicted octanol–water partition coefficient (Wildman–Crippen LogP) is 5.41. The molecule has 0 spiro atoms. The van der Waals surface area contributed by atoms with Crippen LogP contribution in [0.1, 0.15) is 76.8 Å². The van der Waals surface area contributed by atoms with Gasteiger partial charge in [0.1, 0.15) is 17.2 Å². The smallest absolute Gasteiger partial charge is 0.408 e. The number of hydrogen-bond donors (Lipinski definition) is 2. The van der Waals surface area contributed by atoms with Crippen LogP contribution in [0.25, 0.3) is 11.1 Å². The number of nitrogens with zero attached hydrogens (tertiary/aromatic N) is 3. The van der Waals surface area contributed by atoms with E-state index in [2.05, 4.69) is 62.9 Å². The molecule has 2 aliphatic carbocycles. The lowest BCUT2D eigenvalue weighted by atomic mass is 9.80. The fourth-order valence-corrected chi connectivity index (χ4v) is 6.34. The van der Waals surface area contributed by atoms with Gasteiger partial charge in [-0.2, -0.15) is 5.26 Å². The maximum Gasteiger partial charge on any atom is 0.408 e. The topological polar surface area (TPSA) is 97.7 Å². The number of carbonyl (C=O) groups is 2. The van der Waals surface area contributed by atoms with Crippen LogP contribution in [0.3, 0.4) is 0 Å². The number of benzene rings is 2. The van der Waals surface area contributed by atoms with Gasteiger partial charge in [-0.15, -0.1) is 0 Å². The summed E-state index contributed by atoms with van der Waals surface area (Å²) < 4.78 is 5.44. The van der Waals surface area contributed by atoms with Gasteiger partial charge in [-0.3, -0.25) is 14.6 Å². The van der Waals surface area contributed by atoms with Crippen molar-refractivity contribution >= 4 is 12.0 Å². The third kappa shape index (κ3) is 8.58. The quantitative estimate of drug-likeness (QED) is 0.408. The molecular weight excluding hydrogens is 538 g/mol. The second-order valence-electron chi connectivity index (χ2n) is 13.6.